The zero-order valence-corrected chi connectivity index (χ0v) is 16.8. The van der Waals surface area contributed by atoms with Crippen LogP contribution in [0, 0.1) is 23.7 Å². The predicted molar refractivity (Wildman–Crippen MR) is 115 cm³/mol. The van der Waals surface area contributed by atoms with Gasteiger partial charge < -0.3 is 4.74 Å². The van der Waals surface area contributed by atoms with Gasteiger partial charge in [0.15, 0.2) is 0 Å². The zero-order valence-electron chi connectivity index (χ0n) is 16.8. The van der Waals surface area contributed by atoms with Crippen molar-refractivity contribution >= 4 is 0 Å². The van der Waals surface area contributed by atoms with Crippen LogP contribution in [0.1, 0.15) is 64.4 Å². The third kappa shape index (κ3) is 5.90. The molecule has 0 amide bonds. The lowest BCUT2D eigenvalue weighted by atomic mass is 9.80. The van der Waals surface area contributed by atoms with E-state index in [-0.39, 0.29) is 0 Å². The molecular weight excluding hydrogens is 328 g/mol. The molecule has 2 aromatic carbocycles. The standard InChI is InChI=1S/C26H32O/c1-3-5-6-21-7-9-22(10-8-21)11-12-23-13-15-24(16-14-23)25-17-19-26(20-18-25)27-4-2/h13-22H,3-10H2,1-2H3. The van der Waals surface area contributed by atoms with Crippen LogP contribution >= 0.6 is 0 Å². The quantitative estimate of drug-likeness (QED) is 0.499. The van der Waals surface area contributed by atoms with Crippen LogP contribution in [0.3, 0.4) is 0 Å². The fourth-order valence-corrected chi connectivity index (χ4v) is 3.93. The van der Waals surface area contributed by atoms with Crippen molar-refractivity contribution in [1.29, 1.82) is 0 Å². The lowest BCUT2D eigenvalue weighted by molar-refractivity contribution is 0.296. The molecular formula is C26H32O. The second-order valence-corrected chi connectivity index (χ2v) is 7.66. The largest absolute Gasteiger partial charge is 0.494 e. The van der Waals surface area contributed by atoms with E-state index in [1.54, 1.807) is 0 Å². The molecule has 1 fully saturated rings. The number of hydrogen-bond donors (Lipinski definition) is 0. The fraction of sp³-hybridized carbons (Fsp3) is 0.462. The molecule has 3 rings (SSSR count). The molecule has 1 aliphatic rings. The van der Waals surface area contributed by atoms with E-state index in [1.165, 1.54) is 56.1 Å². The molecule has 27 heavy (non-hydrogen) atoms. The Kier molecular flexibility index (Phi) is 7.40. The Morgan fingerprint density at radius 3 is 2.07 bits per heavy atom. The first kappa shape index (κ1) is 19.6. The molecule has 0 atom stereocenters. The van der Waals surface area contributed by atoms with Gasteiger partial charge in [-0.1, -0.05) is 62.3 Å². The van der Waals surface area contributed by atoms with Gasteiger partial charge in [0.25, 0.3) is 0 Å². The second-order valence-electron chi connectivity index (χ2n) is 7.66. The molecule has 1 aliphatic carbocycles. The van der Waals surface area contributed by atoms with Crippen LogP contribution in [0.2, 0.25) is 0 Å². The summed E-state index contributed by atoms with van der Waals surface area (Å²) in [7, 11) is 0. The van der Waals surface area contributed by atoms with Gasteiger partial charge in [-0.05, 0) is 73.9 Å². The first-order valence-electron chi connectivity index (χ1n) is 10.6. The highest BCUT2D eigenvalue weighted by Crippen LogP contribution is 2.31. The molecule has 0 aromatic heterocycles. The molecule has 0 bridgehead atoms. The molecule has 0 spiro atoms. The van der Waals surface area contributed by atoms with Crippen molar-refractivity contribution in [2.45, 2.75) is 58.8 Å². The summed E-state index contributed by atoms with van der Waals surface area (Å²) in [5, 5.41) is 0. The van der Waals surface area contributed by atoms with Crippen LogP contribution in [-0.2, 0) is 0 Å². The average molecular weight is 361 g/mol. The monoisotopic (exact) mass is 360 g/mol. The van der Waals surface area contributed by atoms with Gasteiger partial charge in [0.1, 0.15) is 5.75 Å². The Morgan fingerprint density at radius 2 is 1.48 bits per heavy atom. The van der Waals surface area contributed by atoms with Gasteiger partial charge >= 0.3 is 0 Å². The van der Waals surface area contributed by atoms with Crippen LogP contribution in [0.4, 0.5) is 0 Å². The SMILES string of the molecule is CCCCC1CCC(C#Cc2ccc(-c3ccc(OCC)cc3)cc2)CC1. The summed E-state index contributed by atoms with van der Waals surface area (Å²) in [5.41, 5.74) is 3.56. The van der Waals surface area contributed by atoms with Crippen molar-refractivity contribution in [2.24, 2.45) is 11.8 Å². The molecule has 0 aliphatic heterocycles. The third-order valence-corrected chi connectivity index (χ3v) is 5.62. The van der Waals surface area contributed by atoms with Crippen molar-refractivity contribution in [3.05, 3.63) is 54.1 Å². The van der Waals surface area contributed by atoms with E-state index in [1.807, 2.05) is 19.1 Å². The molecule has 1 heteroatoms. The highest BCUT2D eigenvalue weighted by Gasteiger charge is 2.19. The number of hydrogen-bond acceptors (Lipinski definition) is 1. The number of unbranched alkanes of at least 4 members (excludes halogenated alkanes) is 1. The minimum absolute atomic E-state index is 0.591. The van der Waals surface area contributed by atoms with E-state index in [0.29, 0.717) is 12.5 Å². The first-order valence-corrected chi connectivity index (χ1v) is 10.6. The Hall–Kier alpha value is -2.20. The summed E-state index contributed by atoms with van der Waals surface area (Å²) < 4.78 is 5.51. The Balaban J connectivity index is 1.55. The van der Waals surface area contributed by atoms with Gasteiger partial charge in [0.05, 0.1) is 6.61 Å². The minimum Gasteiger partial charge on any atom is -0.494 e. The molecule has 0 unspecified atom stereocenters. The number of rotatable bonds is 6. The topological polar surface area (TPSA) is 9.23 Å². The minimum atomic E-state index is 0.591. The lowest BCUT2D eigenvalue weighted by Crippen LogP contribution is -2.13. The Morgan fingerprint density at radius 1 is 0.852 bits per heavy atom. The summed E-state index contributed by atoms with van der Waals surface area (Å²) in [4.78, 5) is 0. The van der Waals surface area contributed by atoms with Crippen molar-refractivity contribution < 1.29 is 4.74 Å². The molecule has 1 nitrogen and oxygen atoms in total. The van der Waals surface area contributed by atoms with Crippen molar-refractivity contribution in [1.82, 2.24) is 0 Å². The van der Waals surface area contributed by atoms with Crippen LogP contribution in [0.25, 0.3) is 11.1 Å². The summed E-state index contributed by atoms with van der Waals surface area (Å²) in [6.07, 6.45) is 9.45. The van der Waals surface area contributed by atoms with E-state index in [4.69, 9.17) is 4.74 Å². The third-order valence-electron chi connectivity index (χ3n) is 5.62. The average Bonchev–Trinajstić information content (AvgIpc) is 2.73. The molecule has 1 saturated carbocycles. The fourth-order valence-electron chi connectivity index (χ4n) is 3.93. The molecule has 0 radical (unpaired) electrons. The number of ether oxygens (including phenoxy) is 1. The lowest BCUT2D eigenvalue weighted by Gasteiger charge is -2.25. The van der Waals surface area contributed by atoms with Crippen molar-refractivity contribution in [3.8, 4) is 28.7 Å². The highest BCUT2D eigenvalue weighted by molar-refractivity contribution is 5.65. The summed E-state index contributed by atoms with van der Waals surface area (Å²) in [5.74, 6) is 9.41. The Labute approximate surface area is 165 Å². The molecule has 2 aromatic rings. The van der Waals surface area contributed by atoms with Crippen LogP contribution in [-0.4, -0.2) is 6.61 Å². The molecule has 0 saturated heterocycles. The van der Waals surface area contributed by atoms with E-state index in [9.17, 15) is 0 Å². The van der Waals surface area contributed by atoms with Gasteiger partial charge in [-0.25, -0.2) is 0 Å². The van der Waals surface area contributed by atoms with Crippen LogP contribution in [0.15, 0.2) is 48.5 Å². The second kappa shape index (κ2) is 10.2. The van der Waals surface area contributed by atoms with Gasteiger partial charge in [-0.15, -0.1) is 0 Å². The van der Waals surface area contributed by atoms with Gasteiger partial charge in [0, 0.05) is 11.5 Å². The van der Waals surface area contributed by atoms with Gasteiger partial charge in [0.2, 0.25) is 0 Å². The summed E-state index contributed by atoms with van der Waals surface area (Å²) in [6.45, 7) is 5.00. The summed E-state index contributed by atoms with van der Waals surface area (Å²) in [6, 6.07) is 16.9. The predicted octanol–water partition coefficient (Wildman–Crippen LogP) is 7.10. The van der Waals surface area contributed by atoms with Gasteiger partial charge in [-0.2, -0.15) is 0 Å². The van der Waals surface area contributed by atoms with E-state index in [2.05, 4.69) is 55.2 Å². The Bertz CT molecular complexity index is 738. The molecule has 0 N–H and O–H groups in total. The highest BCUT2D eigenvalue weighted by atomic mass is 16.5. The zero-order chi connectivity index (χ0) is 18.9. The van der Waals surface area contributed by atoms with E-state index >= 15 is 0 Å². The van der Waals surface area contributed by atoms with E-state index < -0.39 is 0 Å². The maximum Gasteiger partial charge on any atom is 0.119 e. The van der Waals surface area contributed by atoms with Crippen LogP contribution < -0.4 is 4.74 Å². The smallest absolute Gasteiger partial charge is 0.119 e. The molecule has 0 heterocycles. The maximum absolute atomic E-state index is 5.51. The van der Waals surface area contributed by atoms with Gasteiger partial charge in [-0.3, -0.25) is 0 Å². The first-order chi connectivity index (χ1) is 13.3. The van der Waals surface area contributed by atoms with Crippen molar-refractivity contribution in [3.63, 3.8) is 0 Å². The van der Waals surface area contributed by atoms with Crippen molar-refractivity contribution in [2.75, 3.05) is 6.61 Å². The summed E-state index contributed by atoms with van der Waals surface area (Å²) >= 11 is 0. The number of benzene rings is 2. The molecule has 142 valence electrons. The maximum atomic E-state index is 5.51. The van der Waals surface area contributed by atoms with E-state index in [0.717, 1.165) is 17.2 Å². The van der Waals surface area contributed by atoms with Crippen LogP contribution in [0.5, 0.6) is 5.75 Å². The normalized spacial score (nSPS) is 19.2.